The second-order valence-corrected chi connectivity index (χ2v) is 7.02. The first-order valence-corrected chi connectivity index (χ1v) is 8.45. The number of aromatic nitrogens is 3. The fraction of sp³-hybridized carbons (Fsp3) is 0.800. The molecule has 0 fully saturated rings. The lowest BCUT2D eigenvalue weighted by atomic mass is 9.86. The van der Waals surface area contributed by atoms with Crippen molar-refractivity contribution in [1.29, 1.82) is 0 Å². The highest BCUT2D eigenvalue weighted by Crippen LogP contribution is 2.43. The molecular formula is C15H23F2N3O2S. The van der Waals surface area contributed by atoms with Crippen LogP contribution in [0, 0.1) is 5.92 Å². The molecule has 0 saturated heterocycles. The Morgan fingerprint density at radius 3 is 2.74 bits per heavy atom. The molecule has 1 aromatic heterocycles. The normalized spacial score (nSPS) is 22.1. The first kappa shape index (κ1) is 18.2. The largest absolute Gasteiger partial charge is 0.463 e. The maximum atomic E-state index is 14.9. The van der Waals surface area contributed by atoms with Crippen molar-refractivity contribution >= 4 is 18.6 Å². The molecular weight excluding hydrogens is 324 g/mol. The molecule has 2 atom stereocenters. The van der Waals surface area contributed by atoms with Crippen LogP contribution in [0.3, 0.4) is 0 Å². The summed E-state index contributed by atoms with van der Waals surface area (Å²) in [5, 5.41) is 7.22. The Hall–Kier alpha value is -1.18. The van der Waals surface area contributed by atoms with Crippen molar-refractivity contribution in [2.75, 3.05) is 0 Å². The summed E-state index contributed by atoms with van der Waals surface area (Å²) in [5.74, 6) is -4.91. The molecule has 0 spiro atoms. The van der Waals surface area contributed by atoms with Crippen LogP contribution in [-0.4, -0.2) is 27.1 Å². The third-order valence-corrected chi connectivity index (χ3v) is 4.19. The lowest BCUT2D eigenvalue weighted by Gasteiger charge is -2.28. The van der Waals surface area contributed by atoms with Gasteiger partial charge in [0.1, 0.15) is 0 Å². The number of hydrogen-bond donors (Lipinski definition) is 1. The van der Waals surface area contributed by atoms with Crippen molar-refractivity contribution in [1.82, 2.24) is 15.0 Å². The lowest BCUT2D eigenvalue weighted by molar-refractivity contribution is -0.154. The van der Waals surface area contributed by atoms with Crippen LogP contribution in [0.25, 0.3) is 0 Å². The zero-order chi connectivity index (χ0) is 17.2. The Morgan fingerprint density at radius 1 is 1.43 bits per heavy atom. The number of thiol groups is 1. The predicted octanol–water partition coefficient (Wildman–Crippen LogP) is 3.50. The van der Waals surface area contributed by atoms with E-state index in [9.17, 15) is 13.6 Å². The van der Waals surface area contributed by atoms with Crippen LogP contribution in [0.5, 0.6) is 0 Å². The molecule has 2 unspecified atom stereocenters. The van der Waals surface area contributed by atoms with E-state index in [0.29, 0.717) is 18.5 Å². The predicted molar refractivity (Wildman–Crippen MR) is 84.5 cm³/mol. The molecule has 5 nitrogen and oxygen atoms in total. The fourth-order valence-corrected chi connectivity index (χ4v) is 3.09. The second kappa shape index (κ2) is 7.15. The molecule has 1 aliphatic carbocycles. The van der Waals surface area contributed by atoms with Gasteiger partial charge in [-0.05, 0) is 40.0 Å². The van der Waals surface area contributed by atoms with E-state index in [1.807, 2.05) is 0 Å². The topological polar surface area (TPSA) is 57.0 Å². The fourth-order valence-electron chi connectivity index (χ4n) is 2.91. The van der Waals surface area contributed by atoms with Crippen molar-refractivity contribution in [3.05, 3.63) is 11.4 Å². The first-order chi connectivity index (χ1) is 10.7. The summed E-state index contributed by atoms with van der Waals surface area (Å²) >= 11 is 4.26. The number of rotatable bonds is 4. The van der Waals surface area contributed by atoms with Crippen LogP contribution >= 0.6 is 12.6 Å². The molecule has 2 rings (SSSR count). The van der Waals surface area contributed by atoms with Crippen LogP contribution in [0.4, 0.5) is 8.78 Å². The third-order valence-electron chi connectivity index (χ3n) is 3.97. The zero-order valence-electron chi connectivity index (χ0n) is 13.6. The number of ether oxygens (including phenoxy) is 1. The molecule has 8 heteroatoms. The number of carbonyl (C=O) groups excluding carboxylic acids is 1. The van der Waals surface area contributed by atoms with Gasteiger partial charge in [-0.25, -0.2) is 4.68 Å². The monoisotopic (exact) mass is 347 g/mol. The maximum absolute atomic E-state index is 14.9. The SMILES string of the molecule is CC(C)OC(=O)CC1CCCCc2c(nnn2C(C)S)C1(F)F. The first-order valence-electron chi connectivity index (χ1n) is 7.93. The van der Waals surface area contributed by atoms with Gasteiger partial charge in [0.15, 0.2) is 5.69 Å². The molecule has 23 heavy (non-hydrogen) atoms. The van der Waals surface area contributed by atoms with Crippen molar-refractivity contribution < 1.29 is 18.3 Å². The Labute approximate surface area is 140 Å². The van der Waals surface area contributed by atoms with Crippen LogP contribution in [-0.2, 0) is 21.9 Å². The molecule has 1 aliphatic rings. The highest BCUT2D eigenvalue weighted by Gasteiger charge is 2.47. The molecule has 0 aromatic carbocycles. The van der Waals surface area contributed by atoms with E-state index in [1.54, 1.807) is 20.8 Å². The van der Waals surface area contributed by atoms with E-state index in [-0.39, 0.29) is 30.0 Å². The van der Waals surface area contributed by atoms with E-state index in [0.717, 1.165) is 6.42 Å². The summed E-state index contributed by atoms with van der Waals surface area (Å²) in [6, 6.07) is 0. The van der Waals surface area contributed by atoms with Gasteiger partial charge in [-0.2, -0.15) is 21.4 Å². The Bertz CT molecular complexity index is 561. The van der Waals surface area contributed by atoms with Crippen molar-refractivity contribution in [3.63, 3.8) is 0 Å². The minimum absolute atomic E-state index is 0.267. The molecule has 0 amide bonds. The molecule has 1 aromatic rings. The molecule has 0 radical (unpaired) electrons. The molecule has 0 saturated carbocycles. The van der Waals surface area contributed by atoms with E-state index in [1.165, 1.54) is 4.68 Å². The zero-order valence-corrected chi connectivity index (χ0v) is 14.5. The van der Waals surface area contributed by atoms with Gasteiger partial charge in [-0.3, -0.25) is 4.79 Å². The van der Waals surface area contributed by atoms with Gasteiger partial charge in [0.2, 0.25) is 0 Å². The smallest absolute Gasteiger partial charge is 0.306 e. The van der Waals surface area contributed by atoms with Gasteiger partial charge in [-0.1, -0.05) is 11.6 Å². The van der Waals surface area contributed by atoms with E-state index in [4.69, 9.17) is 4.74 Å². The van der Waals surface area contributed by atoms with Crippen LogP contribution in [0.15, 0.2) is 0 Å². The minimum Gasteiger partial charge on any atom is -0.463 e. The number of halogens is 2. The number of nitrogens with zero attached hydrogens (tertiary/aromatic N) is 3. The minimum atomic E-state index is -3.20. The summed E-state index contributed by atoms with van der Waals surface area (Å²) < 4.78 is 36.3. The van der Waals surface area contributed by atoms with Crippen LogP contribution in [0.1, 0.15) is 63.2 Å². The Kier molecular flexibility index (Phi) is 5.65. The highest BCUT2D eigenvalue weighted by molar-refractivity contribution is 7.80. The van der Waals surface area contributed by atoms with Crippen molar-refractivity contribution in [3.8, 4) is 0 Å². The summed E-state index contributed by atoms with van der Waals surface area (Å²) in [6.07, 6.45) is 1.52. The molecule has 0 aliphatic heterocycles. The Morgan fingerprint density at radius 2 is 2.13 bits per heavy atom. The van der Waals surface area contributed by atoms with E-state index < -0.39 is 17.8 Å². The molecule has 130 valence electrons. The van der Waals surface area contributed by atoms with Gasteiger partial charge in [0.05, 0.1) is 23.6 Å². The number of fused-ring (bicyclic) bond motifs is 1. The summed E-state index contributed by atoms with van der Waals surface area (Å²) in [4.78, 5) is 11.8. The van der Waals surface area contributed by atoms with Crippen LogP contribution in [0.2, 0.25) is 0 Å². The van der Waals surface area contributed by atoms with Gasteiger partial charge < -0.3 is 4.74 Å². The summed E-state index contributed by atoms with van der Waals surface area (Å²) in [5.41, 5.74) is 0.0971. The van der Waals surface area contributed by atoms with E-state index >= 15 is 0 Å². The molecule has 1 heterocycles. The van der Waals surface area contributed by atoms with Gasteiger partial charge in [0.25, 0.3) is 5.92 Å². The molecule has 0 bridgehead atoms. The number of carbonyl (C=O) groups is 1. The van der Waals surface area contributed by atoms with Crippen LogP contribution < -0.4 is 0 Å². The van der Waals surface area contributed by atoms with Crippen molar-refractivity contribution in [2.45, 2.75) is 70.3 Å². The number of esters is 1. The second-order valence-electron chi connectivity index (χ2n) is 6.27. The number of hydrogen-bond acceptors (Lipinski definition) is 5. The lowest BCUT2D eigenvalue weighted by Crippen LogP contribution is -2.32. The summed E-state index contributed by atoms with van der Waals surface area (Å²) in [6.45, 7) is 5.16. The molecule has 0 N–H and O–H groups in total. The maximum Gasteiger partial charge on any atom is 0.306 e. The average Bonchev–Trinajstić information content (AvgIpc) is 2.84. The van der Waals surface area contributed by atoms with Gasteiger partial charge in [0, 0.05) is 5.92 Å². The van der Waals surface area contributed by atoms with E-state index in [2.05, 4.69) is 22.9 Å². The quantitative estimate of drug-likeness (QED) is 0.669. The highest BCUT2D eigenvalue weighted by atomic mass is 32.1. The van der Waals surface area contributed by atoms with Gasteiger partial charge in [-0.15, -0.1) is 5.10 Å². The van der Waals surface area contributed by atoms with Crippen molar-refractivity contribution in [2.24, 2.45) is 5.92 Å². The number of alkyl halides is 2. The van der Waals surface area contributed by atoms with Gasteiger partial charge >= 0.3 is 5.97 Å². The third kappa shape index (κ3) is 4.02. The Balaban J connectivity index is 2.30. The average molecular weight is 347 g/mol. The summed E-state index contributed by atoms with van der Waals surface area (Å²) in [7, 11) is 0. The standard InChI is InChI=1S/C15H23F2N3O2S/c1-9(2)22-13(21)8-11-6-4-5-7-12-14(15(11,16)17)18-19-20(12)10(3)23/h9-11,23H,4-8H2,1-3H3.